The summed E-state index contributed by atoms with van der Waals surface area (Å²) >= 11 is 0. The Labute approximate surface area is 198 Å². The molecule has 3 aliphatic heterocycles. The minimum absolute atomic E-state index is 0.261. The number of unbranched alkanes of at least 4 members (excludes halogenated alkanes) is 1. The Bertz CT molecular complexity index is 893. The highest BCUT2D eigenvalue weighted by molar-refractivity contribution is 5.78. The molecule has 0 bridgehead atoms. The van der Waals surface area contributed by atoms with E-state index in [9.17, 15) is 10.1 Å². The van der Waals surface area contributed by atoms with Gasteiger partial charge in [0.05, 0.1) is 24.3 Å². The number of rotatable bonds is 6. The van der Waals surface area contributed by atoms with Gasteiger partial charge in [0.15, 0.2) is 0 Å². The van der Waals surface area contributed by atoms with Crippen LogP contribution < -0.4 is 4.90 Å². The fraction of sp³-hybridized carbons (Fsp3) is 0.731. The lowest BCUT2D eigenvalue weighted by Gasteiger charge is -2.38. The first-order valence-electron chi connectivity index (χ1n) is 12.8. The zero-order valence-electron chi connectivity index (χ0n) is 20.7. The number of carbonyl (C=O) groups is 1. The summed E-state index contributed by atoms with van der Waals surface area (Å²) in [7, 11) is 0. The van der Waals surface area contributed by atoms with Crippen LogP contribution in [0, 0.1) is 11.3 Å². The highest BCUT2D eigenvalue weighted by Gasteiger charge is 2.33. The number of fused-ring (bicyclic) bond motifs is 1. The van der Waals surface area contributed by atoms with Gasteiger partial charge in [0, 0.05) is 56.9 Å². The average Bonchev–Trinajstić information content (AvgIpc) is 2.82. The number of nitrogens with zero attached hydrogens (tertiary/aromatic N) is 5. The molecule has 0 spiro atoms. The summed E-state index contributed by atoms with van der Waals surface area (Å²) in [5.41, 5.74) is 3.81. The number of anilines is 1. The van der Waals surface area contributed by atoms with Crippen molar-refractivity contribution in [1.82, 2.24) is 14.8 Å². The monoisotopic (exact) mass is 453 g/mol. The number of piperazine rings is 1. The fourth-order valence-electron chi connectivity index (χ4n) is 5.27. The van der Waals surface area contributed by atoms with Crippen LogP contribution in [0.3, 0.4) is 0 Å². The number of ether oxygens (including phenoxy) is 1. The number of nitriles is 1. The van der Waals surface area contributed by atoms with Gasteiger partial charge in [-0.25, -0.2) is 4.98 Å². The average molecular weight is 454 g/mol. The Kier molecular flexibility index (Phi) is 7.55. The van der Waals surface area contributed by atoms with Crippen LogP contribution in [0.15, 0.2) is 0 Å². The summed E-state index contributed by atoms with van der Waals surface area (Å²) in [4.78, 5) is 24.3. The van der Waals surface area contributed by atoms with Crippen LogP contribution in [0.2, 0.25) is 0 Å². The molecule has 0 atom stereocenters. The quantitative estimate of drug-likeness (QED) is 0.658. The maximum atomic E-state index is 12.7. The van der Waals surface area contributed by atoms with E-state index in [2.05, 4.69) is 36.6 Å². The van der Waals surface area contributed by atoms with E-state index in [0.29, 0.717) is 13.2 Å². The third-order valence-corrected chi connectivity index (χ3v) is 7.31. The molecule has 2 saturated heterocycles. The van der Waals surface area contributed by atoms with Crippen LogP contribution in [0.5, 0.6) is 0 Å². The van der Waals surface area contributed by atoms with Crippen molar-refractivity contribution in [1.29, 1.82) is 5.26 Å². The van der Waals surface area contributed by atoms with E-state index in [1.54, 1.807) is 0 Å². The predicted octanol–water partition coefficient (Wildman–Crippen LogP) is 3.28. The standard InChI is InChI=1S/C26H39N5O2/c1-4-5-9-23-22-19-33-26(2,3)16-20(22)21(17-27)25(28-23)31-14-12-29(13-15-31)18-24(32)30-10-7-6-8-11-30/h4-16,18-19H2,1-3H3. The first-order chi connectivity index (χ1) is 15.9. The number of likely N-dealkylation sites (tertiary alicyclic amines) is 1. The van der Waals surface area contributed by atoms with E-state index < -0.39 is 0 Å². The van der Waals surface area contributed by atoms with Crippen LogP contribution >= 0.6 is 0 Å². The van der Waals surface area contributed by atoms with Gasteiger partial charge in [-0.3, -0.25) is 9.69 Å². The SMILES string of the molecule is CCCCc1nc(N2CCN(CC(=O)N3CCCCC3)CC2)c(C#N)c2c1COC(C)(C)C2. The normalized spacial score (nSPS) is 20.9. The smallest absolute Gasteiger partial charge is 0.236 e. The molecular formula is C26H39N5O2. The minimum atomic E-state index is -0.271. The highest BCUT2D eigenvalue weighted by atomic mass is 16.5. The van der Waals surface area contributed by atoms with E-state index in [0.717, 1.165) is 106 Å². The lowest BCUT2D eigenvalue weighted by Crippen LogP contribution is -2.51. The van der Waals surface area contributed by atoms with Gasteiger partial charge < -0.3 is 14.5 Å². The molecule has 7 heteroatoms. The molecule has 0 unspecified atom stereocenters. The maximum Gasteiger partial charge on any atom is 0.236 e. The van der Waals surface area contributed by atoms with Gasteiger partial charge in [0.1, 0.15) is 11.9 Å². The van der Waals surface area contributed by atoms with Crippen molar-refractivity contribution in [3.63, 3.8) is 0 Å². The molecule has 7 nitrogen and oxygen atoms in total. The molecule has 33 heavy (non-hydrogen) atoms. The molecule has 0 radical (unpaired) electrons. The van der Waals surface area contributed by atoms with Gasteiger partial charge in [-0.05, 0) is 51.5 Å². The van der Waals surface area contributed by atoms with Crippen LogP contribution in [-0.2, 0) is 29.0 Å². The molecule has 0 saturated carbocycles. The second-order valence-electron chi connectivity index (χ2n) is 10.4. The lowest BCUT2D eigenvalue weighted by molar-refractivity contribution is -0.133. The Morgan fingerprint density at radius 2 is 1.82 bits per heavy atom. The van der Waals surface area contributed by atoms with Crippen molar-refractivity contribution in [2.45, 2.75) is 77.9 Å². The van der Waals surface area contributed by atoms with Crippen molar-refractivity contribution in [2.24, 2.45) is 0 Å². The molecule has 0 aliphatic carbocycles. The van der Waals surface area contributed by atoms with Crippen LogP contribution in [0.25, 0.3) is 0 Å². The Hall–Kier alpha value is -2.17. The van der Waals surface area contributed by atoms with Gasteiger partial charge in [-0.1, -0.05) is 13.3 Å². The lowest BCUT2D eigenvalue weighted by atomic mass is 9.87. The molecule has 3 aliphatic rings. The van der Waals surface area contributed by atoms with Crippen molar-refractivity contribution in [3.8, 4) is 6.07 Å². The van der Waals surface area contributed by atoms with E-state index in [-0.39, 0.29) is 11.5 Å². The molecule has 180 valence electrons. The first kappa shape index (κ1) is 24.0. The molecule has 4 heterocycles. The Morgan fingerprint density at radius 1 is 1.09 bits per heavy atom. The molecule has 1 aromatic heterocycles. The first-order valence-corrected chi connectivity index (χ1v) is 12.8. The number of hydrogen-bond acceptors (Lipinski definition) is 6. The van der Waals surface area contributed by atoms with Crippen LogP contribution in [-0.4, -0.2) is 72.1 Å². The molecule has 2 fully saturated rings. The number of carbonyl (C=O) groups excluding carboxylic acids is 1. The highest BCUT2D eigenvalue weighted by Crippen LogP contribution is 2.36. The number of pyridine rings is 1. The van der Waals surface area contributed by atoms with Crippen LogP contribution in [0.1, 0.15) is 75.3 Å². The number of aryl methyl sites for hydroxylation is 1. The van der Waals surface area contributed by atoms with Gasteiger partial charge in [0.25, 0.3) is 0 Å². The number of aromatic nitrogens is 1. The number of piperidine rings is 1. The summed E-state index contributed by atoms with van der Waals surface area (Å²) in [5.74, 6) is 1.10. The Morgan fingerprint density at radius 3 is 2.48 bits per heavy atom. The number of amides is 1. The predicted molar refractivity (Wildman–Crippen MR) is 129 cm³/mol. The molecule has 0 N–H and O–H groups in total. The molecule has 1 aromatic rings. The van der Waals surface area contributed by atoms with E-state index in [1.165, 1.54) is 6.42 Å². The maximum absolute atomic E-state index is 12.7. The zero-order chi connectivity index (χ0) is 23.4. The summed E-state index contributed by atoms with van der Waals surface area (Å²) in [6.45, 7) is 12.5. The molecule has 1 amide bonds. The molecule has 4 rings (SSSR count). The van der Waals surface area contributed by atoms with Gasteiger partial charge in [0.2, 0.25) is 5.91 Å². The van der Waals surface area contributed by atoms with Crippen molar-refractivity contribution in [2.75, 3.05) is 50.7 Å². The van der Waals surface area contributed by atoms with Crippen molar-refractivity contribution in [3.05, 3.63) is 22.4 Å². The van der Waals surface area contributed by atoms with Crippen LogP contribution in [0.4, 0.5) is 5.82 Å². The van der Waals surface area contributed by atoms with E-state index >= 15 is 0 Å². The summed E-state index contributed by atoms with van der Waals surface area (Å²) in [6.07, 6.45) is 7.35. The number of hydrogen-bond donors (Lipinski definition) is 0. The van der Waals surface area contributed by atoms with Crippen molar-refractivity contribution < 1.29 is 9.53 Å². The molecular weight excluding hydrogens is 414 g/mol. The summed E-state index contributed by atoms with van der Waals surface area (Å²) < 4.78 is 6.09. The largest absolute Gasteiger partial charge is 0.370 e. The minimum Gasteiger partial charge on any atom is -0.370 e. The van der Waals surface area contributed by atoms with Gasteiger partial charge in [-0.2, -0.15) is 5.26 Å². The van der Waals surface area contributed by atoms with Gasteiger partial charge >= 0.3 is 0 Å². The third kappa shape index (κ3) is 5.50. The van der Waals surface area contributed by atoms with E-state index in [1.807, 2.05) is 4.90 Å². The second kappa shape index (κ2) is 10.4. The summed E-state index contributed by atoms with van der Waals surface area (Å²) in [6, 6.07) is 2.49. The summed E-state index contributed by atoms with van der Waals surface area (Å²) in [5, 5.41) is 10.1. The topological polar surface area (TPSA) is 72.7 Å². The fourth-order valence-corrected chi connectivity index (χ4v) is 5.27. The van der Waals surface area contributed by atoms with E-state index in [4.69, 9.17) is 9.72 Å². The zero-order valence-corrected chi connectivity index (χ0v) is 20.7. The third-order valence-electron chi connectivity index (χ3n) is 7.31. The molecule has 0 aromatic carbocycles. The Balaban J connectivity index is 1.50. The second-order valence-corrected chi connectivity index (χ2v) is 10.4. The van der Waals surface area contributed by atoms with Gasteiger partial charge in [-0.15, -0.1) is 0 Å². The van der Waals surface area contributed by atoms with Crippen molar-refractivity contribution >= 4 is 11.7 Å².